The van der Waals surface area contributed by atoms with Crippen molar-refractivity contribution in [2.75, 3.05) is 19.3 Å². The third kappa shape index (κ3) is 5.46. The number of halogens is 1. The Kier molecular flexibility index (Phi) is 7.10. The molecule has 1 atom stereocenters. The number of nitrogens with zero attached hydrogens (tertiary/aromatic N) is 1. The first-order chi connectivity index (χ1) is 14.5. The van der Waals surface area contributed by atoms with Gasteiger partial charge in [-0.2, -0.15) is 4.31 Å². The maximum atomic E-state index is 13.0. The van der Waals surface area contributed by atoms with Crippen LogP contribution in [0.25, 0.3) is 0 Å². The Morgan fingerprint density at radius 3 is 2.19 bits per heavy atom. The number of carbonyl (C=O) groups excluding carboxylic acids is 1. The highest BCUT2D eigenvalue weighted by Crippen LogP contribution is 2.28. The van der Waals surface area contributed by atoms with Gasteiger partial charge in [-0.3, -0.25) is 4.79 Å². The lowest BCUT2D eigenvalue weighted by atomic mass is 10.1. The van der Waals surface area contributed by atoms with Crippen molar-refractivity contribution in [2.24, 2.45) is 0 Å². The Labute approximate surface area is 188 Å². The van der Waals surface area contributed by atoms with Gasteiger partial charge in [-0.25, -0.2) is 16.8 Å². The number of amides is 1. The second-order valence-corrected chi connectivity index (χ2v) is 12.0. The summed E-state index contributed by atoms with van der Waals surface area (Å²) < 4.78 is 50.6. The SMILES string of the molecule is CC(NC(=O)c1ccc(Cl)c(S(=O)(=O)N2CCCCC2)c1)c1ccc(S(C)(=O)=O)cc1. The maximum Gasteiger partial charge on any atom is 0.251 e. The van der Waals surface area contributed by atoms with Crippen LogP contribution in [0.4, 0.5) is 0 Å². The quantitative estimate of drug-likeness (QED) is 0.677. The minimum absolute atomic E-state index is 0.0751. The molecular weight excluding hydrogens is 460 g/mol. The molecule has 1 N–H and O–H groups in total. The van der Waals surface area contributed by atoms with Crippen LogP contribution in [-0.4, -0.2) is 46.4 Å². The Balaban J connectivity index is 1.80. The van der Waals surface area contributed by atoms with Crippen molar-refractivity contribution >= 4 is 37.4 Å². The lowest BCUT2D eigenvalue weighted by Gasteiger charge is -2.26. The van der Waals surface area contributed by atoms with Crippen molar-refractivity contribution in [1.82, 2.24) is 9.62 Å². The van der Waals surface area contributed by atoms with Gasteiger partial charge in [-0.1, -0.05) is 30.2 Å². The summed E-state index contributed by atoms with van der Waals surface area (Å²) in [6.07, 6.45) is 3.72. The van der Waals surface area contributed by atoms with Gasteiger partial charge in [0, 0.05) is 24.9 Å². The summed E-state index contributed by atoms with van der Waals surface area (Å²) in [7, 11) is -7.09. The van der Waals surface area contributed by atoms with Crippen molar-refractivity contribution in [3.63, 3.8) is 0 Å². The highest BCUT2D eigenvalue weighted by molar-refractivity contribution is 7.90. The number of hydrogen-bond donors (Lipinski definition) is 1. The van der Waals surface area contributed by atoms with Gasteiger partial charge >= 0.3 is 0 Å². The number of piperidine rings is 1. The van der Waals surface area contributed by atoms with E-state index in [0.717, 1.165) is 31.1 Å². The van der Waals surface area contributed by atoms with Gasteiger partial charge in [0.2, 0.25) is 10.0 Å². The van der Waals surface area contributed by atoms with Gasteiger partial charge in [0.05, 0.1) is 16.0 Å². The van der Waals surface area contributed by atoms with E-state index in [9.17, 15) is 21.6 Å². The van der Waals surface area contributed by atoms with Crippen LogP contribution in [-0.2, 0) is 19.9 Å². The smallest absolute Gasteiger partial charge is 0.251 e. The molecule has 0 radical (unpaired) electrons. The van der Waals surface area contributed by atoms with Crippen LogP contribution in [0, 0.1) is 0 Å². The largest absolute Gasteiger partial charge is 0.346 e. The summed E-state index contributed by atoms with van der Waals surface area (Å²) in [6, 6.07) is 10.0. The van der Waals surface area contributed by atoms with E-state index in [-0.39, 0.29) is 20.4 Å². The molecule has 1 aliphatic rings. The second kappa shape index (κ2) is 9.28. The predicted octanol–water partition coefficient (Wildman–Crippen LogP) is 3.41. The average molecular weight is 485 g/mol. The topological polar surface area (TPSA) is 101 Å². The zero-order chi connectivity index (χ0) is 22.8. The van der Waals surface area contributed by atoms with E-state index in [1.54, 1.807) is 19.1 Å². The number of carbonyl (C=O) groups is 1. The van der Waals surface area contributed by atoms with Gasteiger partial charge in [0.15, 0.2) is 9.84 Å². The lowest BCUT2D eigenvalue weighted by molar-refractivity contribution is 0.0939. The number of rotatable bonds is 6. The highest BCUT2D eigenvalue weighted by Gasteiger charge is 2.29. The van der Waals surface area contributed by atoms with Gasteiger partial charge in [0.25, 0.3) is 5.91 Å². The molecule has 0 bridgehead atoms. The molecular formula is C21H25ClN2O5S2. The van der Waals surface area contributed by atoms with Gasteiger partial charge in [0.1, 0.15) is 4.90 Å². The maximum absolute atomic E-state index is 13.0. The van der Waals surface area contributed by atoms with Crippen molar-refractivity contribution in [3.8, 4) is 0 Å². The summed E-state index contributed by atoms with van der Waals surface area (Å²) >= 11 is 6.17. The third-order valence-corrected chi connectivity index (χ3v) is 8.79. The Hall–Kier alpha value is -1.94. The number of sulfonamides is 1. The van der Waals surface area contributed by atoms with E-state index in [0.29, 0.717) is 13.1 Å². The second-order valence-electron chi connectivity index (χ2n) is 7.65. The molecule has 0 aliphatic carbocycles. The van der Waals surface area contributed by atoms with Crippen LogP contribution in [0.2, 0.25) is 5.02 Å². The fraction of sp³-hybridized carbons (Fsp3) is 0.381. The molecule has 1 heterocycles. The predicted molar refractivity (Wildman–Crippen MR) is 119 cm³/mol. The molecule has 1 saturated heterocycles. The molecule has 3 rings (SSSR count). The minimum atomic E-state index is -3.78. The Morgan fingerprint density at radius 1 is 1.00 bits per heavy atom. The van der Waals surface area contributed by atoms with E-state index < -0.39 is 31.8 Å². The van der Waals surface area contributed by atoms with Gasteiger partial charge < -0.3 is 5.32 Å². The Morgan fingerprint density at radius 2 is 1.61 bits per heavy atom. The normalized spacial score (nSPS) is 16.6. The number of benzene rings is 2. The van der Waals surface area contributed by atoms with Gasteiger partial charge in [-0.05, 0) is 55.7 Å². The fourth-order valence-corrected chi connectivity index (χ4v) is 6.10. The number of sulfone groups is 1. The van der Waals surface area contributed by atoms with Gasteiger partial charge in [-0.15, -0.1) is 0 Å². The van der Waals surface area contributed by atoms with Crippen molar-refractivity contribution in [3.05, 3.63) is 58.6 Å². The highest BCUT2D eigenvalue weighted by atomic mass is 35.5. The van der Waals surface area contributed by atoms with Crippen molar-refractivity contribution < 1.29 is 21.6 Å². The van der Waals surface area contributed by atoms with E-state index in [1.807, 2.05) is 0 Å². The molecule has 7 nitrogen and oxygen atoms in total. The standard InChI is InChI=1S/C21H25ClN2O5S2/c1-15(16-6-9-18(10-7-16)30(2,26)27)23-21(25)17-8-11-19(22)20(14-17)31(28,29)24-12-4-3-5-13-24/h6-11,14-15H,3-5,12-13H2,1-2H3,(H,23,25). The van der Waals surface area contributed by atoms with Crippen LogP contribution in [0.1, 0.15) is 48.1 Å². The van der Waals surface area contributed by atoms with Crippen molar-refractivity contribution in [2.45, 2.75) is 42.0 Å². The molecule has 2 aromatic rings. The average Bonchev–Trinajstić information content (AvgIpc) is 2.74. The number of hydrogen-bond acceptors (Lipinski definition) is 5. The van der Waals surface area contributed by atoms with E-state index in [4.69, 9.17) is 11.6 Å². The molecule has 31 heavy (non-hydrogen) atoms. The van der Waals surface area contributed by atoms with Crippen LogP contribution in [0.15, 0.2) is 52.3 Å². The molecule has 1 amide bonds. The molecule has 10 heteroatoms. The molecule has 1 fully saturated rings. The monoisotopic (exact) mass is 484 g/mol. The molecule has 168 valence electrons. The summed E-state index contributed by atoms with van der Waals surface area (Å²) in [5.74, 6) is -0.452. The summed E-state index contributed by atoms with van der Waals surface area (Å²) in [6.45, 7) is 2.64. The molecule has 2 aromatic carbocycles. The first-order valence-electron chi connectivity index (χ1n) is 9.91. The Bertz CT molecular complexity index is 1170. The zero-order valence-corrected chi connectivity index (χ0v) is 19.7. The van der Waals surface area contributed by atoms with Crippen LogP contribution in [0.3, 0.4) is 0 Å². The first-order valence-corrected chi connectivity index (χ1v) is 13.6. The number of nitrogens with one attached hydrogen (secondary N) is 1. The minimum Gasteiger partial charge on any atom is -0.346 e. The lowest BCUT2D eigenvalue weighted by Crippen LogP contribution is -2.36. The van der Waals surface area contributed by atoms with Crippen LogP contribution in [0.5, 0.6) is 0 Å². The summed E-state index contributed by atoms with van der Waals surface area (Å²) in [4.78, 5) is 12.9. The molecule has 0 saturated carbocycles. The first kappa shape index (κ1) is 23.7. The molecule has 1 unspecified atom stereocenters. The molecule has 0 aromatic heterocycles. The van der Waals surface area contributed by atoms with E-state index >= 15 is 0 Å². The van der Waals surface area contributed by atoms with Crippen molar-refractivity contribution in [1.29, 1.82) is 0 Å². The van der Waals surface area contributed by atoms with E-state index in [1.165, 1.54) is 34.6 Å². The summed E-state index contributed by atoms with van der Waals surface area (Å²) in [5, 5.41) is 2.88. The van der Waals surface area contributed by atoms with Crippen LogP contribution < -0.4 is 5.32 Å². The molecule has 0 spiro atoms. The van der Waals surface area contributed by atoms with Crippen LogP contribution >= 0.6 is 11.6 Å². The van der Waals surface area contributed by atoms with E-state index in [2.05, 4.69) is 5.32 Å². The molecule has 1 aliphatic heterocycles. The summed E-state index contributed by atoms with van der Waals surface area (Å²) in [5.41, 5.74) is 0.899. The fourth-order valence-electron chi connectivity index (χ4n) is 3.45. The zero-order valence-electron chi connectivity index (χ0n) is 17.3. The third-order valence-electron chi connectivity index (χ3n) is 5.28.